The van der Waals surface area contributed by atoms with Crippen molar-refractivity contribution in [2.75, 3.05) is 19.6 Å². The molecule has 0 aromatic heterocycles. The lowest BCUT2D eigenvalue weighted by atomic mass is 9.80. The quantitative estimate of drug-likeness (QED) is 0.838. The van der Waals surface area contributed by atoms with Crippen LogP contribution in [-0.2, 0) is 0 Å². The zero-order valence-electron chi connectivity index (χ0n) is 12.9. The molecule has 0 radical (unpaired) electrons. The van der Waals surface area contributed by atoms with Crippen LogP contribution in [0.15, 0.2) is 0 Å². The normalized spacial score (nSPS) is 43.6. The summed E-state index contributed by atoms with van der Waals surface area (Å²) in [7, 11) is 0. The molecule has 3 rings (SSSR count). The van der Waals surface area contributed by atoms with Gasteiger partial charge in [-0.3, -0.25) is 4.90 Å². The molecule has 2 saturated carbocycles. The highest BCUT2D eigenvalue weighted by Gasteiger charge is 2.42. The van der Waals surface area contributed by atoms with Crippen molar-refractivity contribution in [2.24, 2.45) is 17.8 Å². The van der Waals surface area contributed by atoms with Crippen molar-refractivity contribution in [3.63, 3.8) is 0 Å². The maximum absolute atomic E-state index is 3.78. The van der Waals surface area contributed by atoms with E-state index in [9.17, 15) is 0 Å². The van der Waals surface area contributed by atoms with Crippen molar-refractivity contribution in [2.45, 2.75) is 70.9 Å². The second-order valence-electron chi connectivity index (χ2n) is 7.22. The summed E-state index contributed by atoms with van der Waals surface area (Å²) in [5, 5.41) is 3.78. The minimum atomic E-state index is 0.770. The Hall–Kier alpha value is -0.0800. The van der Waals surface area contributed by atoms with Gasteiger partial charge in [0.2, 0.25) is 0 Å². The Morgan fingerprint density at radius 3 is 2.37 bits per heavy atom. The molecule has 1 aliphatic heterocycles. The van der Waals surface area contributed by atoms with Gasteiger partial charge in [0.1, 0.15) is 0 Å². The lowest BCUT2D eigenvalue weighted by molar-refractivity contribution is 0.110. The zero-order valence-corrected chi connectivity index (χ0v) is 12.9. The van der Waals surface area contributed by atoms with Gasteiger partial charge >= 0.3 is 0 Å². The average Bonchev–Trinajstić information content (AvgIpc) is 3.00. The minimum Gasteiger partial charge on any atom is -0.313 e. The molecule has 0 aromatic carbocycles. The highest BCUT2D eigenvalue weighted by atomic mass is 15.2. The van der Waals surface area contributed by atoms with Gasteiger partial charge < -0.3 is 5.32 Å². The summed E-state index contributed by atoms with van der Waals surface area (Å²) in [4.78, 5) is 2.88. The Morgan fingerprint density at radius 1 is 1.00 bits per heavy atom. The third-order valence-electron chi connectivity index (χ3n) is 6.19. The number of hydrogen-bond donors (Lipinski definition) is 1. The second-order valence-corrected chi connectivity index (χ2v) is 7.22. The van der Waals surface area contributed by atoms with Crippen LogP contribution in [0.3, 0.4) is 0 Å². The molecule has 2 heteroatoms. The average molecular weight is 264 g/mol. The molecule has 19 heavy (non-hydrogen) atoms. The summed E-state index contributed by atoms with van der Waals surface area (Å²) in [6.07, 6.45) is 10.2. The number of likely N-dealkylation sites (N-methyl/N-ethyl adjacent to an activating group) is 1. The smallest absolute Gasteiger partial charge is 0.0252 e. The van der Waals surface area contributed by atoms with E-state index in [4.69, 9.17) is 0 Å². The summed E-state index contributed by atoms with van der Waals surface area (Å²) in [6, 6.07) is 1.61. The van der Waals surface area contributed by atoms with Crippen LogP contribution in [-0.4, -0.2) is 36.6 Å². The fraction of sp³-hybridized carbons (Fsp3) is 1.00. The van der Waals surface area contributed by atoms with E-state index in [1.807, 2.05) is 0 Å². The number of nitrogens with zero attached hydrogens (tertiary/aromatic N) is 1. The SMILES string of the molecule is CCNC1CCC(CC)CC1N1CC2CCCC2C1. The molecular weight excluding hydrogens is 232 g/mol. The van der Waals surface area contributed by atoms with Crippen LogP contribution in [0.4, 0.5) is 0 Å². The van der Waals surface area contributed by atoms with Crippen molar-refractivity contribution < 1.29 is 0 Å². The molecule has 0 amide bonds. The first-order chi connectivity index (χ1) is 9.31. The van der Waals surface area contributed by atoms with E-state index < -0.39 is 0 Å². The molecule has 1 N–H and O–H groups in total. The van der Waals surface area contributed by atoms with Gasteiger partial charge in [-0.1, -0.05) is 26.7 Å². The monoisotopic (exact) mass is 264 g/mol. The van der Waals surface area contributed by atoms with Crippen LogP contribution in [0.2, 0.25) is 0 Å². The molecule has 3 aliphatic rings. The second kappa shape index (κ2) is 6.13. The van der Waals surface area contributed by atoms with Crippen LogP contribution < -0.4 is 5.32 Å². The zero-order chi connectivity index (χ0) is 13.2. The topological polar surface area (TPSA) is 15.3 Å². The fourth-order valence-electron chi connectivity index (χ4n) is 5.05. The maximum Gasteiger partial charge on any atom is 0.0252 e. The predicted octanol–water partition coefficient (Wildman–Crippen LogP) is 3.28. The van der Waals surface area contributed by atoms with Crippen LogP contribution in [0.1, 0.15) is 58.8 Å². The van der Waals surface area contributed by atoms with Crippen molar-refractivity contribution in [3.05, 3.63) is 0 Å². The van der Waals surface area contributed by atoms with Crippen LogP contribution in [0.5, 0.6) is 0 Å². The number of rotatable bonds is 4. The number of likely N-dealkylation sites (tertiary alicyclic amines) is 1. The number of fused-ring (bicyclic) bond motifs is 1. The van der Waals surface area contributed by atoms with Crippen LogP contribution in [0, 0.1) is 17.8 Å². The Bertz CT molecular complexity index is 279. The van der Waals surface area contributed by atoms with Gasteiger partial charge in [0.15, 0.2) is 0 Å². The molecule has 1 heterocycles. The molecule has 2 aliphatic carbocycles. The molecule has 110 valence electrons. The van der Waals surface area contributed by atoms with E-state index in [1.165, 1.54) is 58.0 Å². The molecular formula is C17H32N2. The molecule has 5 atom stereocenters. The van der Waals surface area contributed by atoms with E-state index in [2.05, 4.69) is 24.1 Å². The van der Waals surface area contributed by atoms with Gasteiger partial charge in [-0.25, -0.2) is 0 Å². The van der Waals surface area contributed by atoms with Crippen molar-refractivity contribution in [1.29, 1.82) is 0 Å². The van der Waals surface area contributed by atoms with Crippen molar-refractivity contribution in [1.82, 2.24) is 10.2 Å². The van der Waals surface area contributed by atoms with Crippen molar-refractivity contribution >= 4 is 0 Å². The molecule has 3 fully saturated rings. The molecule has 0 spiro atoms. The Balaban J connectivity index is 1.64. The Morgan fingerprint density at radius 2 is 1.74 bits per heavy atom. The molecule has 0 aromatic rings. The summed E-state index contributed by atoms with van der Waals surface area (Å²) in [5.41, 5.74) is 0. The third-order valence-corrected chi connectivity index (χ3v) is 6.19. The first-order valence-electron chi connectivity index (χ1n) is 8.79. The summed E-state index contributed by atoms with van der Waals surface area (Å²) < 4.78 is 0. The van der Waals surface area contributed by atoms with Gasteiger partial charge in [0.05, 0.1) is 0 Å². The van der Waals surface area contributed by atoms with Gasteiger partial charge in [-0.15, -0.1) is 0 Å². The third kappa shape index (κ3) is 2.85. The van der Waals surface area contributed by atoms with Crippen molar-refractivity contribution in [3.8, 4) is 0 Å². The molecule has 5 unspecified atom stereocenters. The first kappa shape index (κ1) is 13.9. The highest BCUT2D eigenvalue weighted by Crippen LogP contribution is 2.41. The Kier molecular flexibility index (Phi) is 4.48. The van der Waals surface area contributed by atoms with E-state index >= 15 is 0 Å². The molecule has 1 saturated heterocycles. The lowest BCUT2D eigenvalue weighted by Crippen LogP contribution is -2.52. The standard InChI is InChI=1S/C17H32N2/c1-3-13-8-9-16(18-4-2)17(10-13)19-11-14-6-5-7-15(14)12-19/h13-18H,3-12H2,1-2H3. The summed E-state index contributed by atoms with van der Waals surface area (Å²) >= 11 is 0. The van der Waals surface area contributed by atoms with Gasteiger partial charge in [0, 0.05) is 25.2 Å². The number of nitrogens with one attached hydrogen (secondary N) is 1. The highest BCUT2D eigenvalue weighted by molar-refractivity contribution is 4.97. The molecule has 2 nitrogen and oxygen atoms in total. The Labute approximate surface area is 119 Å². The maximum atomic E-state index is 3.78. The van der Waals surface area contributed by atoms with E-state index in [1.54, 1.807) is 0 Å². The largest absolute Gasteiger partial charge is 0.313 e. The molecule has 0 bridgehead atoms. The fourth-order valence-corrected chi connectivity index (χ4v) is 5.05. The van der Waals surface area contributed by atoms with E-state index in [0.717, 1.165) is 36.4 Å². The van der Waals surface area contributed by atoms with Gasteiger partial charge in [-0.2, -0.15) is 0 Å². The van der Waals surface area contributed by atoms with E-state index in [0.29, 0.717) is 0 Å². The number of hydrogen-bond acceptors (Lipinski definition) is 2. The summed E-state index contributed by atoms with van der Waals surface area (Å²) in [5.74, 6) is 3.08. The van der Waals surface area contributed by atoms with Crippen LogP contribution in [0.25, 0.3) is 0 Å². The van der Waals surface area contributed by atoms with E-state index in [-0.39, 0.29) is 0 Å². The predicted molar refractivity (Wildman–Crippen MR) is 81.3 cm³/mol. The van der Waals surface area contributed by atoms with Gasteiger partial charge in [0.25, 0.3) is 0 Å². The summed E-state index contributed by atoms with van der Waals surface area (Å²) in [6.45, 7) is 8.61. The van der Waals surface area contributed by atoms with Gasteiger partial charge in [-0.05, 0) is 56.4 Å². The first-order valence-corrected chi connectivity index (χ1v) is 8.79. The lowest BCUT2D eigenvalue weighted by Gasteiger charge is -2.42. The minimum absolute atomic E-state index is 0.770. The van der Waals surface area contributed by atoms with Crippen LogP contribution >= 0.6 is 0 Å².